The van der Waals surface area contributed by atoms with Gasteiger partial charge in [0.1, 0.15) is 5.57 Å². The lowest BCUT2D eigenvalue weighted by atomic mass is 10.1. The number of hydrogen-bond acceptors (Lipinski definition) is 7. The zero-order valence-corrected chi connectivity index (χ0v) is 23.5. The van der Waals surface area contributed by atoms with Crippen LogP contribution in [0.3, 0.4) is 0 Å². The van der Waals surface area contributed by atoms with Gasteiger partial charge in [-0.2, -0.15) is 13.2 Å². The number of barbiturate groups is 1. The number of amides is 4. The Balaban J connectivity index is 1.74. The molecule has 1 N–H and O–H groups in total. The van der Waals surface area contributed by atoms with E-state index in [1.54, 1.807) is 35.6 Å². The smallest absolute Gasteiger partial charge is 0.416 e. The number of alkyl halides is 3. The van der Waals surface area contributed by atoms with Crippen LogP contribution in [0.5, 0.6) is 17.2 Å². The highest BCUT2D eigenvalue weighted by Gasteiger charge is 2.37. The van der Waals surface area contributed by atoms with E-state index < -0.39 is 51.5 Å². The van der Waals surface area contributed by atoms with Crippen LogP contribution >= 0.6 is 34.2 Å². The highest BCUT2D eigenvalue weighted by atomic mass is 127. The molecule has 0 aliphatic carbocycles. The van der Waals surface area contributed by atoms with Crippen molar-refractivity contribution in [1.29, 1.82) is 0 Å². The molecule has 41 heavy (non-hydrogen) atoms. The summed E-state index contributed by atoms with van der Waals surface area (Å²) in [7, 11) is 0. The number of nitro groups is 1. The van der Waals surface area contributed by atoms with Crippen molar-refractivity contribution in [2.24, 2.45) is 0 Å². The second kappa shape index (κ2) is 11.7. The number of imide groups is 2. The minimum absolute atomic E-state index is 0.0203. The maximum absolute atomic E-state index is 13.2. The number of nitro benzene ring substituents is 1. The van der Waals surface area contributed by atoms with Crippen molar-refractivity contribution in [3.8, 4) is 17.2 Å². The molecule has 3 aromatic carbocycles. The second-order valence-corrected chi connectivity index (χ2v) is 9.84. The first-order valence-corrected chi connectivity index (χ1v) is 12.9. The fourth-order valence-electron chi connectivity index (χ4n) is 3.74. The number of anilines is 1. The summed E-state index contributed by atoms with van der Waals surface area (Å²) in [4.78, 5) is 49.5. The van der Waals surface area contributed by atoms with E-state index in [0.717, 1.165) is 11.0 Å². The van der Waals surface area contributed by atoms with Crippen molar-refractivity contribution < 1.29 is 42.0 Å². The van der Waals surface area contributed by atoms with E-state index in [1.807, 2.05) is 0 Å². The molecule has 0 spiro atoms. The third kappa shape index (κ3) is 6.43. The Kier molecular flexibility index (Phi) is 8.53. The lowest BCUT2D eigenvalue weighted by Gasteiger charge is -2.26. The third-order valence-electron chi connectivity index (χ3n) is 5.51. The number of nitrogens with zero attached hydrogens (tertiary/aromatic N) is 2. The fraction of sp³-hybridized carbons (Fsp3) is 0.115. The van der Waals surface area contributed by atoms with Crippen molar-refractivity contribution in [2.75, 3.05) is 11.5 Å². The van der Waals surface area contributed by atoms with Crippen LogP contribution in [0.4, 0.5) is 29.3 Å². The van der Waals surface area contributed by atoms with E-state index in [4.69, 9.17) is 21.1 Å². The molecule has 0 aromatic heterocycles. The van der Waals surface area contributed by atoms with Gasteiger partial charge >= 0.3 is 17.9 Å². The Hall–Kier alpha value is -4.18. The standard InChI is InChI=1S/C26H16ClF3IN3O7/c1-2-40-21-10-13(8-17-23(35)32-25(37)33(24(17)36)16-5-3-4-15(27)12-16)9-18(31)22(21)41-20-7-6-14(26(28,29)30)11-19(20)34(38)39/h3-12H,2H2,1H3,(H,32,35,37)/b17-8+. The zero-order valence-electron chi connectivity index (χ0n) is 20.6. The molecule has 1 saturated heterocycles. The summed E-state index contributed by atoms with van der Waals surface area (Å²) < 4.78 is 50.8. The van der Waals surface area contributed by atoms with Gasteiger partial charge in [0.05, 0.1) is 26.4 Å². The summed E-state index contributed by atoms with van der Waals surface area (Å²) in [5.41, 5.74) is -2.15. The molecule has 3 aromatic rings. The molecule has 1 aliphatic heterocycles. The maximum Gasteiger partial charge on any atom is 0.416 e. The van der Waals surface area contributed by atoms with Crippen LogP contribution in [-0.4, -0.2) is 29.4 Å². The van der Waals surface area contributed by atoms with Crippen LogP contribution in [0.2, 0.25) is 5.02 Å². The summed E-state index contributed by atoms with van der Waals surface area (Å²) in [5, 5.41) is 13.9. The molecule has 4 rings (SSSR count). The quantitative estimate of drug-likeness (QED) is 0.0952. The molecule has 0 bridgehead atoms. The molecular formula is C26H16ClF3IN3O7. The molecule has 1 heterocycles. The van der Waals surface area contributed by atoms with E-state index in [0.29, 0.717) is 12.1 Å². The molecule has 1 aliphatic rings. The Bertz CT molecular complexity index is 1630. The number of ether oxygens (including phenoxy) is 2. The summed E-state index contributed by atoms with van der Waals surface area (Å²) in [6.07, 6.45) is -3.60. The fourth-order valence-corrected chi connectivity index (χ4v) is 4.66. The highest BCUT2D eigenvalue weighted by molar-refractivity contribution is 14.1. The minimum Gasteiger partial charge on any atom is -0.490 e. The highest BCUT2D eigenvalue weighted by Crippen LogP contribution is 2.43. The van der Waals surface area contributed by atoms with E-state index >= 15 is 0 Å². The SMILES string of the molecule is CCOc1cc(/C=C2\C(=O)NC(=O)N(c3cccc(Cl)c3)C2=O)cc(I)c1Oc1ccc(C(F)(F)F)cc1[N+](=O)[O-]. The molecule has 1 fully saturated rings. The van der Waals surface area contributed by atoms with Crippen LogP contribution in [0, 0.1) is 13.7 Å². The Morgan fingerprint density at radius 3 is 2.46 bits per heavy atom. The van der Waals surface area contributed by atoms with Gasteiger partial charge in [0.2, 0.25) is 5.75 Å². The Morgan fingerprint density at radius 1 is 1.10 bits per heavy atom. The minimum atomic E-state index is -4.81. The van der Waals surface area contributed by atoms with Crippen molar-refractivity contribution in [2.45, 2.75) is 13.1 Å². The van der Waals surface area contributed by atoms with Crippen LogP contribution in [0.15, 0.2) is 60.2 Å². The molecule has 15 heteroatoms. The zero-order chi connectivity index (χ0) is 30.1. The molecule has 4 amide bonds. The van der Waals surface area contributed by atoms with E-state index in [1.165, 1.54) is 36.4 Å². The van der Waals surface area contributed by atoms with Crippen LogP contribution < -0.4 is 19.7 Å². The van der Waals surface area contributed by atoms with Gasteiger partial charge in [-0.3, -0.25) is 25.0 Å². The van der Waals surface area contributed by atoms with Gasteiger partial charge in [0, 0.05) is 11.1 Å². The van der Waals surface area contributed by atoms with Gasteiger partial charge in [0.15, 0.2) is 11.5 Å². The van der Waals surface area contributed by atoms with E-state index in [9.17, 15) is 37.7 Å². The normalized spacial score (nSPS) is 14.7. The van der Waals surface area contributed by atoms with Crippen molar-refractivity contribution in [3.63, 3.8) is 0 Å². The van der Waals surface area contributed by atoms with E-state index in [2.05, 4.69) is 5.32 Å². The van der Waals surface area contributed by atoms with Gasteiger partial charge in [0.25, 0.3) is 11.8 Å². The maximum atomic E-state index is 13.2. The van der Waals surface area contributed by atoms with Crippen LogP contribution in [0.25, 0.3) is 6.08 Å². The topological polar surface area (TPSA) is 128 Å². The molecule has 212 valence electrons. The lowest BCUT2D eigenvalue weighted by Crippen LogP contribution is -2.54. The van der Waals surface area contributed by atoms with Crippen molar-refractivity contribution in [3.05, 3.63) is 90.0 Å². The molecular weight excluding hydrogens is 686 g/mol. The first-order chi connectivity index (χ1) is 19.3. The molecule has 0 radical (unpaired) electrons. The largest absolute Gasteiger partial charge is 0.490 e. The van der Waals surface area contributed by atoms with Crippen molar-refractivity contribution >= 4 is 69.5 Å². The molecule has 0 saturated carbocycles. The van der Waals surface area contributed by atoms with E-state index in [-0.39, 0.29) is 37.9 Å². The summed E-state index contributed by atoms with van der Waals surface area (Å²) in [6, 6.07) is 9.58. The first-order valence-electron chi connectivity index (χ1n) is 11.5. The number of halogens is 5. The number of carbonyl (C=O) groups excluding carboxylic acids is 3. The number of benzene rings is 3. The van der Waals surface area contributed by atoms with Gasteiger partial charge < -0.3 is 9.47 Å². The average Bonchev–Trinajstić information content (AvgIpc) is 2.88. The number of urea groups is 1. The predicted molar refractivity (Wildman–Crippen MR) is 149 cm³/mol. The summed E-state index contributed by atoms with van der Waals surface area (Å²) >= 11 is 7.78. The monoisotopic (exact) mass is 701 g/mol. The molecule has 0 unspecified atom stereocenters. The Labute approximate surface area is 248 Å². The van der Waals surface area contributed by atoms with Gasteiger partial charge in [-0.15, -0.1) is 0 Å². The number of nitrogens with one attached hydrogen (secondary N) is 1. The number of hydrogen-bond donors (Lipinski definition) is 1. The predicted octanol–water partition coefficient (Wildman–Crippen LogP) is 6.73. The lowest BCUT2D eigenvalue weighted by molar-refractivity contribution is -0.385. The first kappa shape index (κ1) is 29.8. The summed E-state index contributed by atoms with van der Waals surface area (Å²) in [6.45, 7) is 1.73. The van der Waals surface area contributed by atoms with Gasteiger partial charge in [-0.05, 0) is 83.6 Å². The van der Waals surface area contributed by atoms with Gasteiger partial charge in [-0.25, -0.2) is 9.69 Å². The van der Waals surface area contributed by atoms with Crippen LogP contribution in [0.1, 0.15) is 18.1 Å². The molecule has 0 atom stereocenters. The van der Waals surface area contributed by atoms with Crippen LogP contribution in [-0.2, 0) is 15.8 Å². The van der Waals surface area contributed by atoms with Gasteiger partial charge in [-0.1, -0.05) is 17.7 Å². The second-order valence-electron chi connectivity index (χ2n) is 8.24. The Morgan fingerprint density at radius 2 is 1.83 bits per heavy atom. The summed E-state index contributed by atoms with van der Waals surface area (Å²) in [5.74, 6) is -2.37. The van der Waals surface area contributed by atoms with Crippen molar-refractivity contribution in [1.82, 2.24) is 5.32 Å². The number of carbonyl (C=O) groups is 3. The average molecular weight is 702 g/mol. The third-order valence-corrected chi connectivity index (χ3v) is 6.54. The number of rotatable bonds is 7. The molecule has 10 nitrogen and oxygen atoms in total.